The van der Waals surface area contributed by atoms with Gasteiger partial charge in [-0.1, -0.05) is 15.9 Å². The first-order valence-electron chi connectivity index (χ1n) is 4.97. The predicted molar refractivity (Wildman–Crippen MR) is 59.9 cm³/mol. The molecule has 0 saturated carbocycles. The molecule has 0 N–H and O–H groups in total. The monoisotopic (exact) mass is 277 g/mol. The smallest absolute Gasteiger partial charge is 0.411 e. The van der Waals surface area contributed by atoms with E-state index in [1.807, 2.05) is 0 Å². The third kappa shape index (κ3) is 3.48. The van der Waals surface area contributed by atoms with E-state index < -0.39 is 16.6 Å². The van der Waals surface area contributed by atoms with Crippen LogP contribution in [0, 0.1) is 0 Å². The fraction of sp³-hybridized carbons (Fsp3) is 0.800. The van der Waals surface area contributed by atoms with Crippen molar-refractivity contribution in [1.82, 2.24) is 4.90 Å². The minimum absolute atomic E-state index is 0.0344. The summed E-state index contributed by atoms with van der Waals surface area (Å²) in [6.07, 6.45) is 0.799. The average molecular weight is 278 g/mol. The number of rotatable bonds is 0. The number of hydrogen-bond acceptors (Lipinski definition) is 3. The summed E-state index contributed by atoms with van der Waals surface area (Å²) in [4.78, 5) is 24.0. The molecule has 1 fully saturated rings. The molecular weight excluding hydrogens is 262 g/mol. The number of carbonyl (C=O) groups is 2. The van der Waals surface area contributed by atoms with Gasteiger partial charge in [0.2, 0.25) is 0 Å². The van der Waals surface area contributed by atoms with Crippen molar-refractivity contribution in [2.45, 2.75) is 44.2 Å². The molecule has 4 nitrogen and oxygen atoms in total. The molecule has 0 aromatic heterocycles. The number of halogens is 1. The van der Waals surface area contributed by atoms with E-state index in [1.54, 1.807) is 20.8 Å². The minimum atomic E-state index is -0.527. The third-order valence-corrected chi connectivity index (χ3v) is 2.99. The van der Waals surface area contributed by atoms with Gasteiger partial charge in [0.1, 0.15) is 10.6 Å². The zero-order valence-corrected chi connectivity index (χ0v) is 10.8. The number of piperidine rings is 1. The van der Waals surface area contributed by atoms with Gasteiger partial charge in [0.25, 0.3) is 0 Å². The van der Waals surface area contributed by atoms with Crippen LogP contribution in [0.15, 0.2) is 0 Å². The van der Waals surface area contributed by atoms with Crippen molar-refractivity contribution in [3.05, 3.63) is 0 Å². The maximum absolute atomic E-state index is 11.7. The molecule has 1 atom stereocenters. The van der Waals surface area contributed by atoms with Crippen LogP contribution < -0.4 is 0 Å². The topological polar surface area (TPSA) is 46.6 Å². The molecule has 1 amide bonds. The molecule has 0 radical (unpaired) electrons. The molecule has 1 unspecified atom stereocenters. The second-order valence-electron chi connectivity index (χ2n) is 4.58. The lowest BCUT2D eigenvalue weighted by Gasteiger charge is -2.32. The van der Waals surface area contributed by atoms with Gasteiger partial charge in [0, 0.05) is 13.0 Å². The van der Waals surface area contributed by atoms with Gasteiger partial charge in [-0.05, 0) is 27.2 Å². The first kappa shape index (κ1) is 12.5. The van der Waals surface area contributed by atoms with Crippen LogP contribution in [0.5, 0.6) is 0 Å². The van der Waals surface area contributed by atoms with E-state index in [0.717, 1.165) is 0 Å². The Kier molecular flexibility index (Phi) is 3.76. The van der Waals surface area contributed by atoms with Crippen LogP contribution in [-0.4, -0.2) is 33.9 Å². The molecule has 0 spiro atoms. The van der Waals surface area contributed by atoms with Crippen LogP contribution in [0.1, 0.15) is 33.6 Å². The number of nitrogens with zero attached hydrogens (tertiary/aromatic N) is 1. The summed E-state index contributed by atoms with van der Waals surface area (Å²) in [5, 5.41) is 0. The molecular formula is C10H16BrNO3. The Morgan fingerprint density at radius 3 is 2.67 bits per heavy atom. The Balaban J connectivity index is 2.63. The molecule has 1 saturated heterocycles. The number of Topliss-reactive ketones (excluding diaryl/α,β-unsaturated/α-hetero) is 1. The van der Waals surface area contributed by atoms with Gasteiger partial charge in [-0.25, -0.2) is 4.79 Å². The standard InChI is InChI=1S/C10H16BrNO3/c1-10(2,3)15-9(14)12-6-4-5-7(13)8(12)11/h8H,4-6H2,1-3H3. The molecule has 15 heavy (non-hydrogen) atoms. The minimum Gasteiger partial charge on any atom is -0.444 e. The fourth-order valence-electron chi connectivity index (χ4n) is 1.33. The van der Waals surface area contributed by atoms with Crippen molar-refractivity contribution < 1.29 is 14.3 Å². The molecule has 1 aliphatic heterocycles. The van der Waals surface area contributed by atoms with Crippen LogP contribution in [0.25, 0.3) is 0 Å². The Morgan fingerprint density at radius 1 is 1.53 bits per heavy atom. The Labute approximate surface area is 98.1 Å². The molecule has 86 valence electrons. The van der Waals surface area contributed by atoms with Crippen molar-refractivity contribution >= 4 is 27.8 Å². The number of hydrogen-bond donors (Lipinski definition) is 0. The highest BCUT2D eigenvalue weighted by molar-refractivity contribution is 9.09. The SMILES string of the molecule is CC(C)(C)OC(=O)N1CCCC(=O)C1Br. The van der Waals surface area contributed by atoms with E-state index >= 15 is 0 Å². The summed E-state index contributed by atoms with van der Waals surface area (Å²) in [5.41, 5.74) is -0.524. The molecule has 1 heterocycles. The van der Waals surface area contributed by atoms with E-state index in [4.69, 9.17) is 4.74 Å². The summed E-state index contributed by atoms with van der Waals surface area (Å²) in [6.45, 7) is 5.98. The van der Waals surface area contributed by atoms with Crippen LogP contribution in [0.3, 0.4) is 0 Å². The Hall–Kier alpha value is -0.580. The predicted octanol–water partition coefficient (Wildman–Crippen LogP) is 2.31. The maximum Gasteiger partial charge on any atom is 0.411 e. The van der Waals surface area contributed by atoms with E-state index in [0.29, 0.717) is 19.4 Å². The van der Waals surface area contributed by atoms with E-state index in [1.165, 1.54) is 4.90 Å². The zero-order valence-electron chi connectivity index (χ0n) is 9.25. The number of carbonyl (C=O) groups excluding carboxylic acids is 2. The van der Waals surface area contributed by atoms with Gasteiger partial charge >= 0.3 is 6.09 Å². The molecule has 0 aliphatic carbocycles. The van der Waals surface area contributed by atoms with Crippen molar-refractivity contribution in [3.8, 4) is 0 Å². The van der Waals surface area contributed by atoms with E-state index in [9.17, 15) is 9.59 Å². The number of alkyl halides is 1. The Morgan fingerprint density at radius 2 is 2.13 bits per heavy atom. The molecule has 1 rings (SSSR count). The maximum atomic E-state index is 11.7. The Bertz CT molecular complexity index is 272. The number of amides is 1. The number of ketones is 1. The van der Waals surface area contributed by atoms with E-state index in [-0.39, 0.29) is 5.78 Å². The zero-order chi connectivity index (χ0) is 11.6. The summed E-state index contributed by atoms with van der Waals surface area (Å²) >= 11 is 3.20. The van der Waals surface area contributed by atoms with Crippen molar-refractivity contribution in [2.75, 3.05) is 6.54 Å². The van der Waals surface area contributed by atoms with Gasteiger partial charge in [-0.2, -0.15) is 0 Å². The largest absolute Gasteiger partial charge is 0.444 e. The van der Waals surface area contributed by atoms with E-state index in [2.05, 4.69) is 15.9 Å². The summed E-state index contributed by atoms with van der Waals surface area (Å²) < 4.78 is 5.20. The molecule has 0 aromatic rings. The lowest BCUT2D eigenvalue weighted by molar-refractivity contribution is -0.123. The fourth-order valence-corrected chi connectivity index (χ4v) is 1.94. The van der Waals surface area contributed by atoms with Crippen LogP contribution in [-0.2, 0) is 9.53 Å². The second kappa shape index (κ2) is 4.51. The highest BCUT2D eigenvalue weighted by Crippen LogP contribution is 2.21. The first-order chi connectivity index (χ1) is 6.81. The summed E-state index contributed by atoms with van der Waals surface area (Å²) in [7, 11) is 0. The second-order valence-corrected chi connectivity index (χ2v) is 5.45. The highest BCUT2D eigenvalue weighted by Gasteiger charge is 2.33. The average Bonchev–Trinajstić information content (AvgIpc) is 2.06. The van der Waals surface area contributed by atoms with Crippen LogP contribution in [0.2, 0.25) is 0 Å². The summed E-state index contributed by atoms with van der Waals surface area (Å²) in [5.74, 6) is 0.0344. The molecule has 0 bridgehead atoms. The lowest BCUT2D eigenvalue weighted by Crippen LogP contribution is -2.47. The third-order valence-electron chi connectivity index (χ3n) is 1.99. The normalized spacial score (nSPS) is 22.8. The molecule has 1 aliphatic rings. The lowest BCUT2D eigenvalue weighted by atomic mass is 10.1. The van der Waals surface area contributed by atoms with Gasteiger partial charge in [-0.15, -0.1) is 0 Å². The van der Waals surface area contributed by atoms with Gasteiger partial charge in [0.15, 0.2) is 5.78 Å². The number of likely N-dealkylation sites (tertiary alicyclic amines) is 1. The quantitative estimate of drug-likeness (QED) is 0.504. The van der Waals surface area contributed by atoms with Gasteiger partial charge in [-0.3, -0.25) is 9.69 Å². The van der Waals surface area contributed by atoms with Gasteiger partial charge < -0.3 is 4.74 Å². The molecule has 5 heteroatoms. The first-order valence-corrected chi connectivity index (χ1v) is 5.89. The van der Waals surface area contributed by atoms with Crippen molar-refractivity contribution in [3.63, 3.8) is 0 Å². The summed E-state index contributed by atoms with van der Waals surface area (Å²) in [6, 6.07) is 0. The molecule has 0 aromatic carbocycles. The van der Waals surface area contributed by atoms with Crippen LogP contribution in [0.4, 0.5) is 4.79 Å². The highest BCUT2D eigenvalue weighted by atomic mass is 79.9. The number of ether oxygens (including phenoxy) is 1. The van der Waals surface area contributed by atoms with Gasteiger partial charge in [0.05, 0.1) is 0 Å². The van der Waals surface area contributed by atoms with Crippen molar-refractivity contribution in [1.29, 1.82) is 0 Å². The van der Waals surface area contributed by atoms with Crippen LogP contribution >= 0.6 is 15.9 Å². The van der Waals surface area contributed by atoms with Crippen molar-refractivity contribution in [2.24, 2.45) is 0 Å².